The zero-order valence-corrected chi connectivity index (χ0v) is 11.5. The number of carbonyl (C=O) groups excluding carboxylic acids is 1. The number of ketones is 1. The molecule has 1 aliphatic carbocycles. The van der Waals surface area contributed by atoms with E-state index in [1.165, 1.54) is 12.8 Å². The molecule has 1 aromatic heterocycles. The molecule has 4 heteroatoms. The van der Waals surface area contributed by atoms with Crippen LogP contribution in [0.4, 0.5) is 0 Å². The molecule has 0 saturated heterocycles. The molecule has 1 saturated carbocycles. The molecule has 0 spiro atoms. The monoisotopic (exact) mass is 250 g/mol. The van der Waals surface area contributed by atoms with Crippen LogP contribution in [-0.2, 0) is 11.2 Å². The summed E-state index contributed by atoms with van der Waals surface area (Å²) >= 11 is 0. The van der Waals surface area contributed by atoms with E-state index in [-0.39, 0.29) is 5.78 Å². The van der Waals surface area contributed by atoms with Gasteiger partial charge in [-0.3, -0.25) is 0 Å². The van der Waals surface area contributed by atoms with E-state index in [0.29, 0.717) is 30.1 Å². The minimum absolute atomic E-state index is 0.161. The number of aryl methyl sites for hydroxylation is 1. The lowest BCUT2D eigenvalue weighted by molar-refractivity contribution is -0.117. The predicted molar refractivity (Wildman–Crippen MR) is 68.3 cm³/mol. The van der Waals surface area contributed by atoms with E-state index in [1.54, 1.807) is 6.92 Å². The van der Waals surface area contributed by atoms with Crippen molar-refractivity contribution in [3.05, 3.63) is 11.7 Å². The van der Waals surface area contributed by atoms with Crippen molar-refractivity contribution < 1.29 is 9.32 Å². The first-order chi connectivity index (χ1) is 8.46. The summed E-state index contributed by atoms with van der Waals surface area (Å²) < 4.78 is 5.21. The maximum atomic E-state index is 10.9. The van der Waals surface area contributed by atoms with Crippen molar-refractivity contribution >= 4 is 5.78 Å². The SMILES string of the molecule is CC(=O)CCc1nc(C2CCC(C)(C)CC2)no1. The number of carbonyl (C=O) groups is 1. The molecule has 0 bridgehead atoms. The molecule has 0 aliphatic heterocycles. The van der Waals surface area contributed by atoms with E-state index < -0.39 is 0 Å². The Bertz CT molecular complexity index is 413. The molecular weight excluding hydrogens is 228 g/mol. The van der Waals surface area contributed by atoms with Gasteiger partial charge in [-0.15, -0.1) is 0 Å². The Morgan fingerprint density at radius 3 is 2.67 bits per heavy atom. The zero-order chi connectivity index (χ0) is 13.2. The number of aromatic nitrogens is 2. The summed E-state index contributed by atoms with van der Waals surface area (Å²) in [5, 5.41) is 4.07. The smallest absolute Gasteiger partial charge is 0.227 e. The third-order valence-electron chi connectivity index (χ3n) is 3.88. The van der Waals surface area contributed by atoms with Crippen molar-refractivity contribution in [2.24, 2.45) is 5.41 Å². The van der Waals surface area contributed by atoms with Crippen LogP contribution in [0.2, 0.25) is 0 Å². The van der Waals surface area contributed by atoms with Crippen LogP contribution in [0.3, 0.4) is 0 Å². The third-order valence-corrected chi connectivity index (χ3v) is 3.88. The lowest BCUT2D eigenvalue weighted by Gasteiger charge is -2.32. The molecule has 1 aliphatic rings. The zero-order valence-electron chi connectivity index (χ0n) is 11.5. The molecule has 1 heterocycles. The fourth-order valence-electron chi connectivity index (χ4n) is 2.48. The van der Waals surface area contributed by atoms with Gasteiger partial charge in [0.2, 0.25) is 5.89 Å². The summed E-state index contributed by atoms with van der Waals surface area (Å²) in [6, 6.07) is 0. The number of hydrogen-bond acceptors (Lipinski definition) is 4. The van der Waals surface area contributed by atoms with E-state index in [2.05, 4.69) is 24.0 Å². The topological polar surface area (TPSA) is 56.0 Å². The molecule has 1 aromatic rings. The second kappa shape index (κ2) is 5.21. The van der Waals surface area contributed by atoms with Crippen LogP contribution in [0.5, 0.6) is 0 Å². The third kappa shape index (κ3) is 3.40. The Kier molecular flexibility index (Phi) is 3.83. The first kappa shape index (κ1) is 13.2. The molecule has 0 N–H and O–H groups in total. The van der Waals surface area contributed by atoms with Crippen molar-refractivity contribution in [3.8, 4) is 0 Å². The highest BCUT2D eigenvalue weighted by Gasteiger charge is 2.30. The van der Waals surface area contributed by atoms with Crippen LogP contribution >= 0.6 is 0 Å². The van der Waals surface area contributed by atoms with Gasteiger partial charge in [0.05, 0.1) is 0 Å². The molecular formula is C14H22N2O2. The highest BCUT2D eigenvalue weighted by Crippen LogP contribution is 2.41. The predicted octanol–water partition coefficient (Wildman–Crippen LogP) is 3.28. The molecule has 0 aromatic carbocycles. The van der Waals surface area contributed by atoms with Gasteiger partial charge in [0.15, 0.2) is 5.82 Å². The number of nitrogens with zero attached hydrogens (tertiary/aromatic N) is 2. The maximum Gasteiger partial charge on any atom is 0.227 e. The van der Waals surface area contributed by atoms with E-state index in [0.717, 1.165) is 18.7 Å². The summed E-state index contributed by atoms with van der Waals surface area (Å²) in [6.45, 7) is 6.22. The van der Waals surface area contributed by atoms with Gasteiger partial charge in [0.1, 0.15) is 5.78 Å². The van der Waals surface area contributed by atoms with Crippen LogP contribution in [-0.4, -0.2) is 15.9 Å². The van der Waals surface area contributed by atoms with Crippen molar-refractivity contribution in [2.75, 3.05) is 0 Å². The second-order valence-corrected chi connectivity index (χ2v) is 6.19. The van der Waals surface area contributed by atoms with Crippen molar-refractivity contribution in [1.29, 1.82) is 0 Å². The summed E-state index contributed by atoms with van der Waals surface area (Å²) in [5.41, 5.74) is 0.456. The molecule has 0 amide bonds. The quantitative estimate of drug-likeness (QED) is 0.823. The van der Waals surface area contributed by atoms with E-state index in [9.17, 15) is 4.79 Å². The van der Waals surface area contributed by atoms with Crippen molar-refractivity contribution in [1.82, 2.24) is 10.1 Å². The van der Waals surface area contributed by atoms with Crippen LogP contribution in [0, 0.1) is 5.41 Å². The van der Waals surface area contributed by atoms with Gasteiger partial charge in [0, 0.05) is 18.8 Å². The summed E-state index contributed by atoms with van der Waals surface area (Å²) in [7, 11) is 0. The first-order valence-corrected chi connectivity index (χ1v) is 6.78. The highest BCUT2D eigenvalue weighted by molar-refractivity contribution is 5.75. The second-order valence-electron chi connectivity index (χ2n) is 6.19. The Morgan fingerprint density at radius 2 is 2.06 bits per heavy atom. The summed E-state index contributed by atoms with van der Waals surface area (Å²) in [4.78, 5) is 15.3. The van der Waals surface area contributed by atoms with Gasteiger partial charge in [-0.05, 0) is 38.0 Å². The molecule has 2 rings (SSSR count). The number of rotatable bonds is 4. The maximum absolute atomic E-state index is 10.9. The van der Waals surface area contributed by atoms with Gasteiger partial charge in [-0.25, -0.2) is 0 Å². The fourth-order valence-corrected chi connectivity index (χ4v) is 2.48. The molecule has 0 atom stereocenters. The lowest BCUT2D eigenvalue weighted by atomic mass is 9.73. The molecule has 0 radical (unpaired) electrons. The minimum atomic E-state index is 0.161. The summed E-state index contributed by atoms with van der Waals surface area (Å²) in [5.74, 6) is 2.04. The van der Waals surface area contributed by atoms with Crippen LogP contribution in [0.25, 0.3) is 0 Å². The molecule has 4 nitrogen and oxygen atoms in total. The standard InChI is InChI=1S/C14H22N2O2/c1-10(17)4-5-12-15-13(16-18-12)11-6-8-14(2,3)9-7-11/h11H,4-9H2,1-3H3. The number of Topliss-reactive ketones (excluding diaryl/α,β-unsaturated/α-hetero) is 1. The van der Waals surface area contributed by atoms with Crippen molar-refractivity contribution in [3.63, 3.8) is 0 Å². The Labute approximate surface area is 108 Å². The van der Waals surface area contributed by atoms with Gasteiger partial charge in [-0.2, -0.15) is 4.98 Å². The van der Waals surface area contributed by atoms with E-state index >= 15 is 0 Å². The summed E-state index contributed by atoms with van der Waals surface area (Å²) in [6.07, 6.45) is 5.77. The van der Waals surface area contributed by atoms with Gasteiger partial charge in [-0.1, -0.05) is 19.0 Å². The van der Waals surface area contributed by atoms with Crippen LogP contribution in [0.15, 0.2) is 4.52 Å². The van der Waals surface area contributed by atoms with Crippen LogP contribution < -0.4 is 0 Å². The van der Waals surface area contributed by atoms with Gasteiger partial charge in [0.25, 0.3) is 0 Å². The normalized spacial score (nSPS) is 19.9. The Hall–Kier alpha value is -1.19. The molecule has 1 fully saturated rings. The average Bonchev–Trinajstić information content (AvgIpc) is 2.75. The largest absolute Gasteiger partial charge is 0.339 e. The first-order valence-electron chi connectivity index (χ1n) is 6.78. The van der Waals surface area contributed by atoms with E-state index in [1.807, 2.05) is 0 Å². The minimum Gasteiger partial charge on any atom is -0.339 e. The van der Waals surface area contributed by atoms with Crippen LogP contribution in [0.1, 0.15) is 70.5 Å². The number of hydrogen-bond donors (Lipinski definition) is 0. The molecule has 100 valence electrons. The average molecular weight is 250 g/mol. The molecule has 0 unspecified atom stereocenters. The van der Waals surface area contributed by atoms with E-state index in [4.69, 9.17) is 4.52 Å². The van der Waals surface area contributed by atoms with Gasteiger partial charge < -0.3 is 9.32 Å². The van der Waals surface area contributed by atoms with Gasteiger partial charge >= 0.3 is 0 Å². The molecule has 18 heavy (non-hydrogen) atoms. The fraction of sp³-hybridized carbons (Fsp3) is 0.786. The Morgan fingerprint density at radius 1 is 1.39 bits per heavy atom. The highest BCUT2D eigenvalue weighted by atomic mass is 16.5. The lowest BCUT2D eigenvalue weighted by Crippen LogP contribution is -2.20. The van der Waals surface area contributed by atoms with Crippen molar-refractivity contribution in [2.45, 2.75) is 65.2 Å². The Balaban J connectivity index is 1.92.